The van der Waals surface area contributed by atoms with Crippen molar-refractivity contribution in [3.05, 3.63) is 0 Å². The van der Waals surface area contributed by atoms with Crippen LogP contribution < -0.4 is 0 Å². The Labute approximate surface area is 111 Å². The van der Waals surface area contributed by atoms with E-state index in [9.17, 15) is 9.46 Å². The van der Waals surface area contributed by atoms with Crippen molar-refractivity contribution in [1.82, 2.24) is 0 Å². The summed E-state index contributed by atoms with van der Waals surface area (Å²) in [5, 5.41) is 0. The Balaban J connectivity index is 3.55. The van der Waals surface area contributed by atoms with E-state index >= 15 is 0 Å². The summed E-state index contributed by atoms with van der Waals surface area (Å²) in [6, 6.07) is 0. The van der Waals surface area contributed by atoms with E-state index in [1.807, 2.05) is 0 Å². The van der Waals surface area contributed by atoms with Crippen LogP contribution in [-0.2, 0) is 13.6 Å². The minimum atomic E-state index is -3.82. The fraction of sp³-hybridized carbons (Fsp3) is 1.00. The van der Waals surface area contributed by atoms with Gasteiger partial charge in [0.05, 0.1) is 40.9 Å². The summed E-state index contributed by atoms with van der Waals surface area (Å²) in [4.78, 5) is 9.38. The molecule has 0 aliphatic rings. The van der Waals surface area contributed by atoms with Gasteiger partial charge in [-0.3, -0.25) is 9.05 Å². The second kappa shape index (κ2) is 9.05. The van der Waals surface area contributed by atoms with E-state index in [-0.39, 0.29) is 6.61 Å². The zero-order chi connectivity index (χ0) is 14.1. The molecule has 0 fully saturated rings. The maximum atomic E-state index is 11.4. The van der Waals surface area contributed by atoms with Crippen molar-refractivity contribution in [3.63, 3.8) is 0 Å². The molecule has 5 nitrogen and oxygen atoms in total. The van der Waals surface area contributed by atoms with Gasteiger partial charge in [-0.25, -0.2) is 4.57 Å². The summed E-state index contributed by atoms with van der Waals surface area (Å²) in [7, 11) is 2.54. The van der Waals surface area contributed by atoms with Gasteiger partial charge in [-0.1, -0.05) is 19.8 Å². The van der Waals surface area contributed by atoms with E-state index in [1.54, 1.807) is 0 Å². The van der Waals surface area contributed by atoms with Crippen LogP contribution in [0.5, 0.6) is 0 Å². The van der Waals surface area contributed by atoms with Crippen molar-refractivity contribution in [2.75, 3.05) is 40.9 Å². The number of phosphoric ester groups is 1. The monoisotopic (exact) mass is 282 g/mol. The Morgan fingerprint density at radius 3 is 1.94 bits per heavy atom. The van der Waals surface area contributed by atoms with Crippen LogP contribution in [0.4, 0.5) is 0 Å². The van der Waals surface area contributed by atoms with E-state index in [4.69, 9.17) is 9.05 Å². The first kappa shape index (κ1) is 18.1. The molecule has 1 unspecified atom stereocenters. The number of nitrogens with zero attached hydrogens (tertiary/aromatic N) is 1. The molecule has 0 aromatic rings. The molecule has 110 valence electrons. The standard InChI is InChI=1S/C12H28NO4P/c1-5-6-8-11-16-18(14,15)17-12-9-7-10-13(2,3)4/h5-12H2,1-4H3/p+1. The summed E-state index contributed by atoms with van der Waals surface area (Å²) in [5.41, 5.74) is 0. The normalized spacial score (nSPS) is 15.6. The highest BCUT2D eigenvalue weighted by molar-refractivity contribution is 7.47. The SMILES string of the molecule is CCCCCOP(=O)(O)OCCCC[N+](C)(C)C. The predicted molar refractivity (Wildman–Crippen MR) is 73.4 cm³/mol. The Hall–Kier alpha value is 0.0700. The molecule has 1 atom stereocenters. The van der Waals surface area contributed by atoms with Gasteiger partial charge in [0.1, 0.15) is 0 Å². The van der Waals surface area contributed by atoms with Gasteiger partial charge in [0.25, 0.3) is 0 Å². The average Bonchev–Trinajstić information content (AvgIpc) is 2.22. The fourth-order valence-electron chi connectivity index (χ4n) is 1.44. The average molecular weight is 282 g/mol. The second-order valence-corrected chi connectivity index (χ2v) is 7.02. The van der Waals surface area contributed by atoms with Gasteiger partial charge in [0, 0.05) is 0 Å². The minimum absolute atomic E-state index is 0.279. The van der Waals surface area contributed by atoms with Crippen LogP contribution in [0.3, 0.4) is 0 Å². The molecule has 0 aromatic carbocycles. The molecule has 0 heterocycles. The number of rotatable bonds is 11. The summed E-state index contributed by atoms with van der Waals surface area (Å²) in [6.45, 7) is 3.67. The Bertz CT molecular complexity index is 253. The highest BCUT2D eigenvalue weighted by Gasteiger charge is 2.20. The molecule has 6 heteroatoms. The third kappa shape index (κ3) is 12.5. The third-order valence-electron chi connectivity index (χ3n) is 2.48. The first-order chi connectivity index (χ1) is 8.27. The van der Waals surface area contributed by atoms with Crippen LogP contribution in [0.25, 0.3) is 0 Å². The quantitative estimate of drug-likeness (QED) is 0.360. The number of hydrogen-bond donors (Lipinski definition) is 1. The van der Waals surface area contributed by atoms with Gasteiger partial charge in [-0.15, -0.1) is 0 Å². The van der Waals surface area contributed by atoms with Crippen LogP contribution in [-0.4, -0.2) is 50.3 Å². The molecule has 0 bridgehead atoms. The van der Waals surface area contributed by atoms with Gasteiger partial charge in [-0.05, 0) is 19.3 Å². The maximum absolute atomic E-state index is 11.4. The first-order valence-electron chi connectivity index (χ1n) is 6.69. The van der Waals surface area contributed by atoms with Crippen molar-refractivity contribution >= 4 is 7.82 Å². The van der Waals surface area contributed by atoms with Gasteiger partial charge in [0.15, 0.2) is 0 Å². The Morgan fingerprint density at radius 2 is 1.50 bits per heavy atom. The van der Waals surface area contributed by atoms with Crippen molar-refractivity contribution in [2.24, 2.45) is 0 Å². The van der Waals surface area contributed by atoms with E-state index < -0.39 is 7.82 Å². The Morgan fingerprint density at radius 1 is 1.00 bits per heavy atom. The summed E-state index contributed by atoms with van der Waals surface area (Å²) >= 11 is 0. The lowest BCUT2D eigenvalue weighted by molar-refractivity contribution is -0.870. The molecule has 0 saturated heterocycles. The van der Waals surface area contributed by atoms with Gasteiger partial charge < -0.3 is 9.38 Å². The highest BCUT2D eigenvalue weighted by Crippen LogP contribution is 2.43. The lowest BCUT2D eigenvalue weighted by Crippen LogP contribution is -2.35. The van der Waals surface area contributed by atoms with E-state index in [1.165, 1.54) is 0 Å². The van der Waals surface area contributed by atoms with E-state index in [0.29, 0.717) is 6.61 Å². The van der Waals surface area contributed by atoms with Crippen LogP contribution in [0, 0.1) is 0 Å². The van der Waals surface area contributed by atoms with E-state index in [0.717, 1.165) is 43.1 Å². The molecule has 0 amide bonds. The van der Waals surface area contributed by atoms with Crippen molar-refractivity contribution in [3.8, 4) is 0 Å². The molecule has 0 aliphatic carbocycles. The van der Waals surface area contributed by atoms with Crippen LogP contribution in [0.1, 0.15) is 39.0 Å². The molecular weight excluding hydrogens is 253 g/mol. The molecule has 18 heavy (non-hydrogen) atoms. The second-order valence-electron chi connectivity index (χ2n) is 5.56. The lowest BCUT2D eigenvalue weighted by atomic mass is 10.3. The minimum Gasteiger partial charge on any atom is -0.331 e. The largest absolute Gasteiger partial charge is 0.472 e. The summed E-state index contributed by atoms with van der Waals surface area (Å²) in [6.07, 6.45) is 4.61. The van der Waals surface area contributed by atoms with Crippen molar-refractivity contribution in [2.45, 2.75) is 39.0 Å². The molecule has 0 spiro atoms. The van der Waals surface area contributed by atoms with Crippen LogP contribution in [0.2, 0.25) is 0 Å². The van der Waals surface area contributed by atoms with Gasteiger partial charge in [-0.2, -0.15) is 0 Å². The highest BCUT2D eigenvalue weighted by atomic mass is 31.2. The fourth-order valence-corrected chi connectivity index (χ4v) is 2.23. The van der Waals surface area contributed by atoms with Crippen LogP contribution >= 0.6 is 7.82 Å². The van der Waals surface area contributed by atoms with Crippen LogP contribution in [0.15, 0.2) is 0 Å². The Kier molecular flexibility index (Phi) is 9.09. The van der Waals surface area contributed by atoms with Crippen molar-refractivity contribution < 1.29 is 23.0 Å². The number of unbranched alkanes of at least 4 members (excludes halogenated alkanes) is 3. The molecule has 0 aliphatic heterocycles. The third-order valence-corrected chi connectivity index (χ3v) is 3.50. The number of hydrogen-bond acceptors (Lipinski definition) is 3. The van der Waals surface area contributed by atoms with Gasteiger partial charge in [0.2, 0.25) is 0 Å². The zero-order valence-electron chi connectivity index (χ0n) is 12.2. The summed E-state index contributed by atoms with van der Waals surface area (Å²) in [5.74, 6) is 0. The maximum Gasteiger partial charge on any atom is 0.472 e. The predicted octanol–water partition coefficient (Wildman–Crippen LogP) is 2.80. The van der Waals surface area contributed by atoms with E-state index in [2.05, 4.69) is 28.1 Å². The first-order valence-corrected chi connectivity index (χ1v) is 8.19. The smallest absolute Gasteiger partial charge is 0.331 e. The lowest BCUT2D eigenvalue weighted by Gasteiger charge is -2.23. The zero-order valence-corrected chi connectivity index (χ0v) is 13.1. The van der Waals surface area contributed by atoms with Crippen molar-refractivity contribution in [1.29, 1.82) is 0 Å². The topological polar surface area (TPSA) is 55.8 Å². The molecular formula is C12H29NO4P+. The van der Waals surface area contributed by atoms with Gasteiger partial charge >= 0.3 is 7.82 Å². The molecule has 0 rings (SSSR count). The molecule has 0 saturated carbocycles. The number of quaternary nitrogens is 1. The number of phosphoric acid groups is 1. The molecule has 0 aromatic heterocycles. The molecule has 0 radical (unpaired) electrons. The molecule has 1 N–H and O–H groups in total. The summed E-state index contributed by atoms with van der Waals surface area (Å²) < 4.78 is 22.1.